The zero-order chi connectivity index (χ0) is 30.1. The number of carboxylic acid groups (broad SMARTS) is 1. The van der Waals surface area contributed by atoms with E-state index in [1.807, 2.05) is 0 Å². The molecule has 4 rings (SSSR count). The number of fused-ring (bicyclic) bond motifs is 1. The summed E-state index contributed by atoms with van der Waals surface area (Å²) in [6, 6.07) is 6.55. The fraction of sp³-hybridized carbons (Fsp3) is 0.480. The summed E-state index contributed by atoms with van der Waals surface area (Å²) in [7, 11) is 1.55. The number of hydrogen-bond donors (Lipinski definition) is 4. The van der Waals surface area contributed by atoms with Crippen LogP contribution in [0.25, 0.3) is 0 Å². The number of amides is 4. The van der Waals surface area contributed by atoms with E-state index >= 15 is 0 Å². The van der Waals surface area contributed by atoms with Crippen molar-refractivity contribution in [1.82, 2.24) is 30.3 Å². The molecule has 5 N–H and O–H groups in total. The maximum atomic E-state index is 13.3. The number of ether oxygens (including phenoxy) is 1. The van der Waals surface area contributed by atoms with E-state index in [1.165, 1.54) is 21.2 Å². The van der Waals surface area contributed by atoms with E-state index in [-0.39, 0.29) is 23.9 Å². The van der Waals surface area contributed by atoms with Crippen LogP contribution in [0.2, 0.25) is 0 Å². The standard InChI is InChI=1S/C25H31N7O7S2/c1-24(2,3)39-23(38)28-14(13-8-6-5-7-9-13)18(34)27-15-19(35)32-10-25(21(36)37,11-40-20(15)32)12-41-22-30-29-17(16(26)33)31(22)4/h5-9,14-15,20H,10-12H2,1-4H3,(H2,26,33)(H,27,34)(H,28,38)(H,36,37)/t14?,15?,20-,25?/m1/s1. The molecule has 41 heavy (non-hydrogen) atoms. The lowest BCUT2D eigenvalue weighted by molar-refractivity contribution is -0.157. The molecule has 1 aromatic heterocycles. The Kier molecular flexibility index (Phi) is 8.54. The van der Waals surface area contributed by atoms with Gasteiger partial charge in [0.1, 0.15) is 28.5 Å². The Labute approximate surface area is 244 Å². The van der Waals surface area contributed by atoms with E-state index in [1.54, 1.807) is 58.2 Å². The number of carbonyl (C=O) groups is 5. The van der Waals surface area contributed by atoms with Crippen LogP contribution in [-0.4, -0.2) is 89.6 Å². The van der Waals surface area contributed by atoms with E-state index in [0.29, 0.717) is 10.7 Å². The fourth-order valence-electron chi connectivity index (χ4n) is 4.37. The molecule has 3 heterocycles. The number of thioether (sulfide) groups is 2. The van der Waals surface area contributed by atoms with Gasteiger partial charge in [-0.3, -0.25) is 19.2 Å². The molecule has 2 aliphatic rings. The smallest absolute Gasteiger partial charge is 0.408 e. The highest BCUT2D eigenvalue weighted by molar-refractivity contribution is 8.00. The Morgan fingerprint density at radius 2 is 1.93 bits per heavy atom. The summed E-state index contributed by atoms with van der Waals surface area (Å²) in [5.41, 5.74) is 3.69. The Hall–Kier alpha value is -3.79. The molecular weight excluding hydrogens is 574 g/mol. The third-order valence-corrected chi connectivity index (χ3v) is 9.38. The number of nitrogens with zero attached hydrogens (tertiary/aromatic N) is 4. The Morgan fingerprint density at radius 3 is 2.51 bits per heavy atom. The second-order valence-corrected chi connectivity index (χ2v) is 12.8. The number of benzene rings is 1. The second kappa shape index (κ2) is 11.6. The molecule has 2 saturated heterocycles. The summed E-state index contributed by atoms with van der Waals surface area (Å²) in [5.74, 6) is -2.70. The molecule has 0 aliphatic carbocycles. The molecule has 220 valence electrons. The van der Waals surface area contributed by atoms with Gasteiger partial charge < -0.3 is 35.7 Å². The number of primary amides is 1. The number of aromatic nitrogens is 3. The molecule has 0 bridgehead atoms. The van der Waals surface area contributed by atoms with Crippen LogP contribution < -0.4 is 16.4 Å². The quantitative estimate of drug-likeness (QED) is 0.232. The van der Waals surface area contributed by atoms with Gasteiger partial charge in [-0.15, -0.1) is 22.0 Å². The lowest BCUT2D eigenvalue weighted by atomic mass is 9.89. The molecule has 2 aliphatic heterocycles. The van der Waals surface area contributed by atoms with E-state index in [9.17, 15) is 29.1 Å². The van der Waals surface area contributed by atoms with Crippen molar-refractivity contribution in [2.24, 2.45) is 18.2 Å². The first kappa shape index (κ1) is 30.2. The number of carboxylic acids is 1. The molecule has 2 fully saturated rings. The van der Waals surface area contributed by atoms with Crippen LogP contribution in [0, 0.1) is 5.41 Å². The summed E-state index contributed by atoms with van der Waals surface area (Å²) in [6.07, 6.45) is -0.787. The van der Waals surface area contributed by atoms with Crippen LogP contribution in [0.5, 0.6) is 0 Å². The van der Waals surface area contributed by atoms with Crippen molar-refractivity contribution in [1.29, 1.82) is 0 Å². The number of β-lactam (4-membered cyclic amide) rings is 1. The van der Waals surface area contributed by atoms with E-state index in [0.717, 1.165) is 11.8 Å². The van der Waals surface area contributed by atoms with Gasteiger partial charge in [0.2, 0.25) is 17.6 Å². The van der Waals surface area contributed by atoms with Gasteiger partial charge in [-0.1, -0.05) is 42.1 Å². The van der Waals surface area contributed by atoms with Crippen molar-refractivity contribution in [3.05, 3.63) is 41.7 Å². The van der Waals surface area contributed by atoms with Crippen LogP contribution in [0.3, 0.4) is 0 Å². The van der Waals surface area contributed by atoms with Crippen molar-refractivity contribution in [3.8, 4) is 0 Å². The highest BCUT2D eigenvalue weighted by Crippen LogP contribution is 2.44. The summed E-state index contributed by atoms with van der Waals surface area (Å²) in [4.78, 5) is 64.2. The number of hydrogen-bond acceptors (Lipinski definition) is 10. The van der Waals surface area contributed by atoms with Crippen molar-refractivity contribution in [3.63, 3.8) is 0 Å². The largest absolute Gasteiger partial charge is 0.481 e. The lowest BCUT2D eigenvalue weighted by Crippen LogP contribution is -2.74. The third-order valence-electron chi connectivity index (χ3n) is 6.49. The molecule has 3 unspecified atom stereocenters. The SMILES string of the molecule is Cn1c(SCC2(C(=O)O)CS[C@@H]3C(NC(=O)C(NC(=O)OC(C)(C)C)c4ccccc4)C(=O)N3C2)nnc1C(N)=O. The minimum Gasteiger partial charge on any atom is -0.481 e. The van der Waals surface area contributed by atoms with Crippen LogP contribution in [0.1, 0.15) is 43.0 Å². The molecule has 1 aromatic carbocycles. The second-order valence-electron chi connectivity index (χ2n) is 10.7. The lowest BCUT2D eigenvalue weighted by Gasteiger charge is -2.53. The molecular formula is C25H31N7O7S2. The van der Waals surface area contributed by atoms with Gasteiger partial charge in [0.25, 0.3) is 5.91 Å². The average molecular weight is 606 g/mol. The zero-order valence-electron chi connectivity index (χ0n) is 22.8. The van der Waals surface area contributed by atoms with Crippen LogP contribution in [0.4, 0.5) is 4.79 Å². The van der Waals surface area contributed by atoms with Gasteiger partial charge in [0.15, 0.2) is 5.16 Å². The monoisotopic (exact) mass is 605 g/mol. The zero-order valence-corrected chi connectivity index (χ0v) is 24.5. The Morgan fingerprint density at radius 1 is 1.24 bits per heavy atom. The van der Waals surface area contributed by atoms with Crippen molar-refractivity contribution in [2.75, 3.05) is 18.1 Å². The number of alkyl carbamates (subject to hydrolysis) is 1. The van der Waals surface area contributed by atoms with Gasteiger partial charge in [-0.25, -0.2) is 4.79 Å². The highest BCUT2D eigenvalue weighted by atomic mass is 32.2. The van der Waals surface area contributed by atoms with Gasteiger partial charge in [-0.2, -0.15) is 0 Å². The summed E-state index contributed by atoms with van der Waals surface area (Å²) in [5, 5.41) is 22.9. The maximum absolute atomic E-state index is 13.3. The number of nitrogens with one attached hydrogen (secondary N) is 2. The normalized spacial score (nSPS) is 22.6. The topological polar surface area (TPSA) is 199 Å². The number of carbonyl (C=O) groups excluding carboxylic acids is 4. The Balaban J connectivity index is 1.43. The number of nitrogens with two attached hydrogens (primary N) is 1. The van der Waals surface area contributed by atoms with Crippen LogP contribution in [-0.2, 0) is 26.2 Å². The van der Waals surface area contributed by atoms with Gasteiger partial charge in [0.05, 0.1) is 0 Å². The molecule has 16 heteroatoms. The minimum atomic E-state index is -1.31. The van der Waals surface area contributed by atoms with Crippen LogP contribution in [0.15, 0.2) is 35.5 Å². The first-order chi connectivity index (χ1) is 19.2. The summed E-state index contributed by atoms with van der Waals surface area (Å²) < 4.78 is 6.70. The van der Waals surface area contributed by atoms with Crippen molar-refractivity contribution >= 4 is 53.3 Å². The third kappa shape index (κ3) is 6.43. The molecule has 4 amide bonds. The van der Waals surface area contributed by atoms with Crippen LogP contribution >= 0.6 is 23.5 Å². The molecule has 0 radical (unpaired) electrons. The molecule has 0 spiro atoms. The van der Waals surface area contributed by atoms with Gasteiger partial charge in [-0.05, 0) is 26.3 Å². The average Bonchev–Trinajstić information content (AvgIpc) is 3.28. The first-order valence-corrected chi connectivity index (χ1v) is 14.6. The predicted octanol–water partition coefficient (Wildman–Crippen LogP) is 0.743. The van der Waals surface area contributed by atoms with Gasteiger partial charge in [0, 0.05) is 25.1 Å². The van der Waals surface area contributed by atoms with Gasteiger partial charge >= 0.3 is 12.1 Å². The van der Waals surface area contributed by atoms with E-state index in [2.05, 4.69) is 20.8 Å². The van der Waals surface area contributed by atoms with E-state index in [4.69, 9.17) is 10.5 Å². The predicted molar refractivity (Wildman–Crippen MR) is 149 cm³/mol. The molecule has 2 aromatic rings. The van der Waals surface area contributed by atoms with E-state index < -0.39 is 58.3 Å². The summed E-state index contributed by atoms with van der Waals surface area (Å²) in [6.45, 7) is 5.03. The van der Waals surface area contributed by atoms with Crippen molar-refractivity contribution < 1.29 is 33.8 Å². The summed E-state index contributed by atoms with van der Waals surface area (Å²) >= 11 is 2.35. The Bertz CT molecular complexity index is 1360. The molecule has 0 saturated carbocycles. The number of rotatable bonds is 9. The molecule has 14 nitrogen and oxygen atoms in total. The highest BCUT2D eigenvalue weighted by Gasteiger charge is 2.57. The fourth-order valence-corrected chi connectivity index (χ4v) is 7.14. The molecule has 4 atom stereocenters. The maximum Gasteiger partial charge on any atom is 0.408 e. The minimum absolute atomic E-state index is 0.0542. The van der Waals surface area contributed by atoms with Crippen molar-refractivity contribution in [2.45, 2.75) is 49.0 Å². The first-order valence-electron chi connectivity index (χ1n) is 12.5. The number of aliphatic carboxylic acids is 1.